The van der Waals surface area contributed by atoms with Crippen molar-refractivity contribution in [2.45, 2.75) is 226 Å². The van der Waals surface area contributed by atoms with Gasteiger partial charge < -0.3 is 14.2 Å². The normalized spacial score (nSPS) is 12.9. The summed E-state index contributed by atoms with van der Waals surface area (Å²) in [5.41, 5.74) is 0. The summed E-state index contributed by atoms with van der Waals surface area (Å²) in [5, 5.41) is 0. The van der Waals surface area contributed by atoms with Gasteiger partial charge in [0.2, 0.25) is 0 Å². The maximum absolute atomic E-state index is 12.8. The fourth-order valence-corrected chi connectivity index (χ4v) is 6.77. The molecule has 0 aliphatic heterocycles. The van der Waals surface area contributed by atoms with E-state index >= 15 is 0 Å². The van der Waals surface area contributed by atoms with Crippen LogP contribution in [-0.4, -0.2) is 37.2 Å². The maximum atomic E-state index is 12.8. The Balaban J connectivity index is 4.48. The lowest BCUT2D eigenvalue weighted by Crippen LogP contribution is -2.30. The summed E-state index contributed by atoms with van der Waals surface area (Å²) in [5.74, 6) is -0.996. The molecular formula is C56H92O6. The Kier molecular flexibility index (Phi) is 47.0. The lowest BCUT2D eigenvalue weighted by atomic mass is 10.0. The van der Waals surface area contributed by atoms with Crippen LogP contribution in [-0.2, 0) is 28.6 Å². The van der Waals surface area contributed by atoms with Crippen LogP contribution in [0.25, 0.3) is 0 Å². The van der Waals surface area contributed by atoms with E-state index in [4.69, 9.17) is 14.2 Å². The zero-order valence-corrected chi connectivity index (χ0v) is 40.1. The molecule has 1 unspecified atom stereocenters. The first-order chi connectivity index (χ1) is 30.5. The van der Waals surface area contributed by atoms with Crippen LogP contribution in [0.1, 0.15) is 220 Å². The smallest absolute Gasteiger partial charge is 0.306 e. The minimum Gasteiger partial charge on any atom is -0.462 e. The van der Waals surface area contributed by atoms with Crippen LogP contribution in [0.15, 0.2) is 97.2 Å². The number of carbonyl (C=O) groups is 3. The molecule has 0 aromatic carbocycles. The minimum absolute atomic E-state index is 0.104. The first-order valence-electron chi connectivity index (χ1n) is 25.3. The number of ether oxygens (including phenoxy) is 3. The number of allylic oxidation sites excluding steroid dienone is 16. The van der Waals surface area contributed by atoms with Crippen LogP contribution in [0.3, 0.4) is 0 Å². The van der Waals surface area contributed by atoms with Crippen molar-refractivity contribution in [2.75, 3.05) is 13.2 Å². The third-order valence-corrected chi connectivity index (χ3v) is 10.5. The lowest BCUT2D eigenvalue weighted by molar-refractivity contribution is -0.167. The summed E-state index contributed by atoms with van der Waals surface area (Å²) in [6.07, 6.45) is 65.4. The number of hydrogen-bond donors (Lipinski definition) is 0. The molecule has 0 radical (unpaired) electrons. The Hall–Kier alpha value is -3.67. The minimum atomic E-state index is -0.811. The maximum Gasteiger partial charge on any atom is 0.306 e. The quantitative estimate of drug-likeness (QED) is 0.0263. The summed E-state index contributed by atoms with van der Waals surface area (Å²) in [4.78, 5) is 37.9. The largest absolute Gasteiger partial charge is 0.462 e. The van der Waals surface area contributed by atoms with E-state index in [0.29, 0.717) is 19.3 Å². The van der Waals surface area contributed by atoms with Gasteiger partial charge in [-0.15, -0.1) is 0 Å². The molecule has 0 heterocycles. The molecule has 352 valence electrons. The second-order valence-corrected chi connectivity index (χ2v) is 16.5. The first kappa shape index (κ1) is 58.3. The highest BCUT2D eigenvalue weighted by atomic mass is 16.6. The van der Waals surface area contributed by atoms with Crippen molar-refractivity contribution in [3.8, 4) is 0 Å². The molecule has 0 saturated carbocycles. The van der Waals surface area contributed by atoms with Gasteiger partial charge in [0, 0.05) is 19.3 Å². The molecule has 0 saturated heterocycles. The van der Waals surface area contributed by atoms with Gasteiger partial charge in [-0.25, -0.2) is 0 Å². The predicted octanol–water partition coefficient (Wildman–Crippen LogP) is 16.6. The van der Waals surface area contributed by atoms with E-state index in [1.165, 1.54) is 103 Å². The van der Waals surface area contributed by atoms with Crippen molar-refractivity contribution in [3.05, 3.63) is 97.2 Å². The zero-order chi connectivity index (χ0) is 45.1. The van der Waals surface area contributed by atoms with Gasteiger partial charge in [-0.2, -0.15) is 0 Å². The van der Waals surface area contributed by atoms with Gasteiger partial charge in [-0.05, 0) is 51.4 Å². The average Bonchev–Trinajstić information content (AvgIpc) is 3.27. The van der Waals surface area contributed by atoms with Crippen LogP contribution in [0.4, 0.5) is 0 Å². The average molecular weight is 861 g/mol. The van der Waals surface area contributed by atoms with Crippen LogP contribution in [0.5, 0.6) is 0 Å². The van der Waals surface area contributed by atoms with E-state index in [2.05, 4.69) is 63.3 Å². The summed E-state index contributed by atoms with van der Waals surface area (Å²) < 4.78 is 16.7. The highest BCUT2D eigenvalue weighted by Crippen LogP contribution is 2.15. The number of carbonyl (C=O) groups excluding carboxylic acids is 3. The summed E-state index contributed by atoms with van der Waals surface area (Å²) in [6.45, 7) is 6.29. The molecule has 0 amide bonds. The van der Waals surface area contributed by atoms with Gasteiger partial charge in [-0.1, -0.05) is 246 Å². The van der Waals surface area contributed by atoms with E-state index in [-0.39, 0.29) is 37.5 Å². The number of hydrogen-bond acceptors (Lipinski definition) is 6. The van der Waals surface area contributed by atoms with E-state index in [0.717, 1.165) is 70.6 Å². The van der Waals surface area contributed by atoms with Crippen LogP contribution in [0.2, 0.25) is 0 Å². The Bertz CT molecular complexity index is 1260. The molecule has 6 nitrogen and oxygen atoms in total. The second kappa shape index (κ2) is 50.0. The van der Waals surface area contributed by atoms with Crippen molar-refractivity contribution in [2.24, 2.45) is 0 Å². The van der Waals surface area contributed by atoms with Gasteiger partial charge in [0.1, 0.15) is 13.2 Å². The number of rotatable bonds is 44. The van der Waals surface area contributed by atoms with Crippen molar-refractivity contribution in [1.29, 1.82) is 0 Å². The summed E-state index contributed by atoms with van der Waals surface area (Å²) >= 11 is 0. The van der Waals surface area contributed by atoms with Crippen LogP contribution < -0.4 is 0 Å². The number of unbranched alkanes of at least 4 members (excludes halogenated alkanes) is 23. The van der Waals surface area contributed by atoms with Crippen molar-refractivity contribution in [3.63, 3.8) is 0 Å². The Labute approximate surface area is 381 Å². The fourth-order valence-electron chi connectivity index (χ4n) is 6.77. The molecule has 0 aromatic rings. The zero-order valence-electron chi connectivity index (χ0n) is 40.1. The highest BCUT2D eigenvalue weighted by molar-refractivity contribution is 5.71. The molecule has 0 fully saturated rings. The molecule has 0 N–H and O–H groups in total. The molecule has 6 heteroatoms. The Morgan fingerprint density at radius 3 is 1.05 bits per heavy atom. The van der Waals surface area contributed by atoms with Crippen molar-refractivity contribution < 1.29 is 28.6 Å². The third-order valence-electron chi connectivity index (χ3n) is 10.5. The molecule has 0 aliphatic carbocycles. The topological polar surface area (TPSA) is 78.9 Å². The molecule has 62 heavy (non-hydrogen) atoms. The predicted molar refractivity (Wildman–Crippen MR) is 265 cm³/mol. The molecule has 0 bridgehead atoms. The van der Waals surface area contributed by atoms with E-state index in [1.54, 1.807) is 0 Å². The fraction of sp³-hybridized carbons (Fsp3) is 0.661. The third kappa shape index (κ3) is 47.4. The van der Waals surface area contributed by atoms with E-state index < -0.39 is 6.10 Å². The molecule has 1 atom stereocenters. The molecule has 0 aromatic heterocycles. The Morgan fingerprint density at radius 1 is 0.339 bits per heavy atom. The van der Waals surface area contributed by atoms with E-state index in [9.17, 15) is 14.4 Å². The lowest BCUT2D eigenvalue weighted by Gasteiger charge is -2.18. The second-order valence-electron chi connectivity index (χ2n) is 16.5. The highest BCUT2D eigenvalue weighted by Gasteiger charge is 2.19. The summed E-state index contributed by atoms with van der Waals surface area (Å²) in [6, 6.07) is 0. The van der Waals surface area contributed by atoms with Gasteiger partial charge in [0.25, 0.3) is 0 Å². The van der Waals surface area contributed by atoms with Crippen molar-refractivity contribution in [1.82, 2.24) is 0 Å². The van der Waals surface area contributed by atoms with E-state index in [1.807, 2.05) is 54.7 Å². The standard InChI is InChI=1S/C56H92O6/c1-4-7-10-13-16-19-22-25-27-29-31-34-37-40-43-46-49-55(58)61-52-53(51-60-54(57)48-45-42-39-36-33-30-24-21-18-15-12-9-6-3)62-56(59)50-47-44-41-38-35-32-28-26-23-20-17-14-11-8-5-2/h8-9,11-12,14-15,17-18,20-21,23-24,30,33,36,39,53H,4-7,10,13,16,19,22,25-29,31-32,34-35,37-38,40-52H2,1-3H3/b11-8+,12-9+,17-14+,18-15+,23-20+,24-21+,33-30+,39-36+. The SMILES string of the molecule is CC/C=C/C=C/C=C/C=C/C=C/CCCC(=O)OCC(COC(=O)CCCCCCCCCCCCCCCCCC)OC(=O)CCCCCCCCC/C=C/C=C/C=C/CC. The molecule has 0 spiro atoms. The molecule has 0 aliphatic rings. The molecular weight excluding hydrogens is 769 g/mol. The van der Waals surface area contributed by atoms with Crippen molar-refractivity contribution >= 4 is 17.9 Å². The summed E-state index contributed by atoms with van der Waals surface area (Å²) in [7, 11) is 0. The van der Waals surface area contributed by atoms with Gasteiger partial charge in [0.15, 0.2) is 6.10 Å². The van der Waals surface area contributed by atoms with Gasteiger partial charge in [-0.3, -0.25) is 14.4 Å². The monoisotopic (exact) mass is 861 g/mol. The Morgan fingerprint density at radius 2 is 0.645 bits per heavy atom. The first-order valence-corrected chi connectivity index (χ1v) is 25.3. The van der Waals surface area contributed by atoms with Gasteiger partial charge in [0.05, 0.1) is 0 Å². The van der Waals surface area contributed by atoms with Crippen LogP contribution >= 0.6 is 0 Å². The van der Waals surface area contributed by atoms with Crippen LogP contribution in [0, 0.1) is 0 Å². The molecule has 0 rings (SSSR count). The number of esters is 3. The van der Waals surface area contributed by atoms with Gasteiger partial charge >= 0.3 is 17.9 Å².